The minimum atomic E-state index is 0.213. The molecule has 10 heavy (non-hydrogen) atoms. The zero-order valence-corrected chi connectivity index (χ0v) is 6.29. The van der Waals surface area contributed by atoms with Gasteiger partial charge in [0.25, 0.3) is 0 Å². The highest BCUT2D eigenvalue weighted by Crippen LogP contribution is 2.09. The summed E-state index contributed by atoms with van der Waals surface area (Å²) in [5.74, 6) is 0. The SMILES string of the molecule is N[C@H]1CC/C=C\CC[C@@H]1N. The van der Waals surface area contributed by atoms with Gasteiger partial charge in [0, 0.05) is 12.1 Å². The van der Waals surface area contributed by atoms with Crippen LogP contribution < -0.4 is 11.5 Å². The molecular formula is C8H16N2. The van der Waals surface area contributed by atoms with Gasteiger partial charge in [-0.25, -0.2) is 0 Å². The fourth-order valence-electron chi connectivity index (χ4n) is 1.24. The lowest BCUT2D eigenvalue weighted by Crippen LogP contribution is -2.41. The second-order valence-corrected chi connectivity index (χ2v) is 2.95. The van der Waals surface area contributed by atoms with Gasteiger partial charge in [-0.05, 0) is 25.7 Å². The van der Waals surface area contributed by atoms with E-state index in [-0.39, 0.29) is 12.1 Å². The molecule has 1 rings (SSSR count). The van der Waals surface area contributed by atoms with Crippen molar-refractivity contribution < 1.29 is 0 Å². The van der Waals surface area contributed by atoms with Crippen molar-refractivity contribution in [1.29, 1.82) is 0 Å². The maximum Gasteiger partial charge on any atom is 0.0195 e. The molecule has 2 atom stereocenters. The Kier molecular flexibility index (Phi) is 2.90. The second-order valence-electron chi connectivity index (χ2n) is 2.95. The first-order chi connectivity index (χ1) is 4.80. The largest absolute Gasteiger partial charge is 0.326 e. The van der Waals surface area contributed by atoms with Gasteiger partial charge in [0.05, 0.1) is 0 Å². The molecule has 0 aromatic carbocycles. The normalized spacial score (nSPS) is 38.2. The van der Waals surface area contributed by atoms with Gasteiger partial charge in [-0.3, -0.25) is 0 Å². The Morgan fingerprint density at radius 1 is 0.900 bits per heavy atom. The van der Waals surface area contributed by atoms with E-state index in [9.17, 15) is 0 Å². The molecule has 1 aliphatic carbocycles. The van der Waals surface area contributed by atoms with E-state index in [0.29, 0.717) is 0 Å². The Morgan fingerprint density at radius 3 is 1.70 bits per heavy atom. The number of allylic oxidation sites excluding steroid dienone is 2. The van der Waals surface area contributed by atoms with Crippen molar-refractivity contribution in [3.63, 3.8) is 0 Å². The van der Waals surface area contributed by atoms with Gasteiger partial charge in [-0.2, -0.15) is 0 Å². The Morgan fingerprint density at radius 2 is 1.30 bits per heavy atom. The molecule has 0 fully saturated rings. The number of rotatable bonds is 0. The van der Waals surface area contributed by atoms with Crippen LogP contribution in [-0.4, -0.2) is 12.1 Å². The molecule has 4 N–H and O–H groups in total. The van der Waals surface area contributed by atoms with E-state index < -0.39 is 0 Å². The van der Waals surface area contributed by atoms with Gasteiger partial charge < -0.3 is 11.5 Å². The molecule has 0 unspecified atom stereocenters. The highest BCUT2D eigenvalue weighted by atomic mass is 14.8. The van der Waals surface area contributed by atoms with E-state index >= 15 is 0 Å². The van der Waals surface area contributed by atoms with Crippen LogP contribution in [0.15, 0.2) is 12.2 Å². The van der Waals surface area contributed by atoms with E-state index in [1.54, 1.807) is 0 Å². The molecule has 2 nitrogen and oxygen atoms in total. The molecule has 58 valence electrons. The molecule has 0 saturated carbocycles. The Hall–Kier alpha value is -0.340. The third kappa shape index (κ3) is 2.12. The van der Waals surface area contributed by atoms with Gasteiger partial charge in [0.2, 0.25) is 0 Å². The molecule has 0 heterocycles. The molecule has 0 aromatic heterocycles. The van der Waals surface area contributed by atoms with E-state index in [1.165, 1.54) is 0 Å². The molecule has 0 saturated heterocycles. The molecule has 0 aromatic rings. The first-order valence-corrected chi connectivity index (χ1v) is 3.97. The summed E-state index contributed by atoms with van der Waals surface area (Å²) in [4.78, 5) is 0. The van der Waals surface area contributed by atoms with Gasteiger partial charge in [0.1, 0.15) is 0 Å². The summed E-state index contributed by atoms with van der Waals surface area (Å²) in [7, 11) is 0. The molecule has 0 aliphatic heterocycles. The van der Waals surface area contributed by atoms with Crippen LogP contribution in [0.2, 0.25) is 0 Å². The van der Waals surface area contributed by atoms with Crippen molar-refractivity contribution in [2.24, 2.45) is 11.5 Å². The molecule has 1 aliphatic rings. The van der Waals surface area contributed by atoms with E-state index in [2.05, 4.69) is 12.2 Å². The van der Waals surface area contributed by atoms with Crippen molar-refractivity contribution >= 4 is 0 Å². The Bertz CT molecular complexity index is 106. The average Bonchev–Trinajstić information content (AvgIpc) is 1.92. The lowest BCUT2D eigenvalue weighted by molar-refractivity contribution is 0.468. The number of nitrogens with two attached hydrogens (primary N) is 2. The zero-order valence-electron chi connectivity index (χ0n) is 6.29. The van der Waals surface area contributed by atoms with Gasteiger partial charge in [-0.1, -0.05) is 12.2 Å². The number of hydrogen-bond donors (Lipinski definition) is 2. The van der Waals surface area contributed by atoms with Crippen molar-refractivity contribution in [3.8, 4) is 0 Å². The summed E-state index contributed by atoms with van der Waals surface area (Å²) in [5.41, 5.74) is 11.6. The van der Waals surface area contributed by atoms with Crippen LogP contribution in [0.3, 0.4) is 0 Å². The van der Waals surface area contributed by atoms with Crippen LogP contribution in [0.4, 0.5) is 0 Å². The van der Waals surface area contributed by atoms with Crippen molar-refractivity contribution in [2.75, 3.05) is 0 Å². The molecule has 0 amide bonds. The predicted octanol–water partition coefficient (Wildman–Crippen LogP) is 0.771. The molecule has 0 bridgehead atoms. The Balaban J connectivity index is 2.40. The zero-order chi connectivity index (χ0) is 7.40. The minimum absolute atomic E-state index is 0.213. The van der Waals surface area contributed by atoms with Crippen LogP contribution in [0.5, 0.6) is 0 Å². The fraction of sp³-hybridized carbons (Fsp3) is 0.750. The van der Waals surface area contributed by atoms with Crippen LogP contribution >= 0.6 is 0 Å². The predicted molar refractivity (Wildman–Crippen MR) is 43.6 cm³/mol. The van der Waals surface area contributed by atoms with Gasteiger partial charge in [-0.15, -0.1) is 0 Å². The lowest BCUT2D eigenvalue weighted by atomic mass is 9.97. The highest BCUT2D eigenvalue weighted by Gasteiger charge is 2.12. The summed E-state index contributed by atoms with van der Waals surface area (Å²) in [6.45, 7) is 0. The lowest BCUT2D eigenvalue weighted by Gasteiger charge is -2.19. The quantitative estimate of drug-likeness (QED) is 0.488. The van der Waals surface area contributed by atoms with E-state index in [4.69, 9.17) is 11.5 Å². The summed E-state index contributed by atoms with van der Waals surface area (Å²) >= 11 is 0. The average molecular weight is 140 g/mol. The third-order valence-corrected chi connectivity index (χ3v) is 2.05. The smallest absolute Gasteiger partial charge is 0.0195 e. The van der Waals surface area contributed by atoms with Crippen LogP contribution in [0, 0.1) is 0 Å². The summed E-state index contributed by atoms with van der Waals surface area (Å²) in [6.07, 6.45) is 8.66. The highest BCUT2D eigenvalue weighted by molar-refractivity contribution is 4.90. The first-order valence-electron chi connectivity index (χ1n) is 3.97. The van der Waals surface area contributed by atoms with Gasteiger partial charge >= 0.3 is 0 Å². The molecule has 0 radical (unpaired) electrons. The second kappa shape index (κ2) is 3.74. The molecule has 2 heteroatoms. The third-order valence-electron chi connectivity index (χ3n) is 2.05. The standard InChI is InChI=1S/C8H16N2/c9-7-5-3-1-2-4-6-8(7)10/h1-2,7-8H,3-6,9-10H2/b2-1-/t7-,8-/m0/s1. The maximum absolute atomic E-state index is 5.79. The monoisotopic (exact) mass is 140 g/mol. The first kappa shape index (κ1) is 7.76. The fourth-order valence-corrected chi connectivity index (χ4v) is 1.24. The summed E-state index contributed by atoms with van der Waals surface area (Å²) in [5, 5.41) is 0. The van der Waals surface area contributed by atoms with Crippen LogP contribution in [0.1, 0.15) is 25.7 Å². The van der Waals surface area contributed by atoms with E-state index in [1.807, 2.05) is 0 Å². The summed E-state index contributed by atoms with van der Waals surface area (Å²) < 4.78 is 0. The van der Waals surface area contributed by atoms with Crippen LogP contribution in [0.25, 0.3) is 0 Å². The number of hydrogen-bond acceptors (Lipinski definition) is 2. The molecular weight excluding hydrogens is 124 g/mol. The van der Waals surface area contributed by atoms with Crippen LogP contribution in [-0.2, 0) is 0 Å². The minimum Gasteiger partial charge on any atom is -0.326 e. The van der Waals surface area contributed by atoms with E-state index in [0.717, 1.165) is 25.7 Å². The van der Waals surface area contributed by atoms with Crippen molar-refractivity contribution in [1.82, 2.24) is 0 Å². The molecule has 0 spiro atoms. The summed E-state index contributed by atoms with van der Waals surface area (Å²) in [6, 6.07) is 0.426. The van der Waals surface area contributed by atoms with Crippen molar-refractivity contribution in [3.05, 3.63) is 12.2 Å². The topological polar surface area (TPSA) is 52.0 Å². The van der Waals surface area contributed by atoms with Crippen molar-refractivity contribution in [2.45, 2.75) is 37.8 Å². The maximum atomic E-state index is 5.79. The van der Waals surface area contributed by atoms with Gasteiger partial charge in [0.15, 0.2) is 0 Å². The Labute approximate surface area is 62.3 Å².